The smallest absolute Gasteiger partial charge is 0.344 e. The minimum Gasteiger partial charge on any atom is -0.409 e. The molecular weight excluding hydrogens is 282 g/mol. The van der Waals surface area contributed by atoms with Crippen LogP contribution in [-0.2, 0) is 0 Å². The summed E-state index contributed by atoms with van der Waals surface area (Å²) in [6.07, 6.45) is 2.90. The van der Waals surface area contributed by atoms with Crippen LogP contribution in [0.25, 0.3) is 0 Å². The number of H-pyrrole nitrogens is 1. The summed E-state index contributed by atoms with van der Waals surface area (Å²) in [5.41, 5.74) is 5.46. The van der Waals surface area contributed by atoms with Gasteiger partial charge in [0.25, 0.3) is 0 Å². The summed E-state index contributed by atoms with van der Waals surface area (Å²) in [7, 11) is 0. The minimum absolute atomic E-state index is 0.0623. The number of nitrogens with two attached hydrogens (primary N) is 1. The topological polar surface area (TPSA) is 135 Å². The lowest BCUT2D eigenvalue weighted by molar-refractivity contribution is 0.318. The van der Waals surface area contributed by atoms with Crippen molar-refractivity contribution in [3.63, 3.8) is 0 Å². The van der Waals surface area contributed by atoms with Gasteiger partial charge in [0.2, 0.25) is 0 Å². The van der Waals surface area contributed by atoms with E-state index in [0.717, 1.165) is 11.8 Å². The van der Waals surface area contributed by atoms with Crippen LogP contribution in [0, 0.1) is 0 Å². The second kappa shape index (κ2) is 5.74. The molecule has 0 saturated carbocycles. The fourth-order valence-electron chi connectivity index (χ4n) is 1.53. The second-order valence-corrected chi connectivity index (χ2v) is 5.03. The normalized spacial score (nSPS) is 12.1. The van der Waals surface area contributed by atoms with E-state index in [-0.39, 0.29) is 23.3 Å². The van der Waals surface area contributed by atoms with E-state index in [1.165, 1.54) is 17.0 Å². The van der Waals surface area contributed by atoms with Crippen molar-refractivity contribution in [1.29, 1.82) is 0 Å². The molecule has 0 bridgehead atoms. The first-order chi connectivity index (χ1) is 9.54. The van der Waals surface area contributed by atoms with Crippen LogP contribution in [0.4, 0.5) is 0 Å². The van der Waals surface area contributed by atoms with Gasteiger partial charge in [-0.15, -0.1) is 5.10 Å². The van der Waals surface area contributed by atoms with Crippen LogP contribution < -0.4 is 11.4 Å². The molecule has 0 aromatic carbocycles. The number of hydrogen-bond acceptors (Lipinski definition) is 7. The van der Waals surface area contributed by atoms with E-state index in [1.54, 1.807) is 0 Å². The Labute approximate surface area is 117 Å². The molecule has 20 heavy (non-hydrogen) atoms. The molecule has 0 spiro atoms. The van der Waals surface area contributed by atoms with Crippen LogP contribution in [0.5, 0.6) is 0 Å². The van der Waals surface area contributed by atoms with Gasteiger partial charge in [0.15, 0.2) is 11.0 Å². The molecule has 0 radical (unpaired) electrons. The van der Waals surface area contributed by atoms with E-state index in [2.05, 4.69) is 25.3 Å². The lowest BCUT2D eigenvalue weighted by Crippen LogP contribution is -2.20. The summed E-state index contributed by atoms with van der Waals surface area (Å²) in [6, 6.07) is -0.0623. The number of aromatic nitrogens is 5. The third-order valence-corrected chi connectivity index (χ3v) is 3.35. The van der Waals surface area contributed by atoms with Gasteiger partial charge in [-0.25, -0.2) is 19.9 Å². The maximum absolute atomic E-state index is 11.7. The van der Waals surface area contributed by atoms with Gasteiger partial charge in [-0.2, -0.15) is 0 Å². The molecule has 106 valence electrons. The van der Waals surface area contributed by atoms with Gasteiger partial charge in [0, 0.05) is 18.4 Å². The first-order valence-corrected chi connectivity index (χ1v) is 6.50. The van der Waals surface area contributed by atoms with Gasteiger partial charge in [-0.05, 0) is 25.6 Å². The fourth-order valence-corrected chi connectivity index (χ4v) is 2.55. The zero-order valence-corrected chi connectivity index (χ0v) is 11.6. The highest BCUT2D eigenvalue weighted by atomic mass is 32.2. The summed E-state index contributed by atoms with van der Waals surface area (Å²) < 4.78 is 1.48. The highest BCUT2D eigenvalue weighted by molar-refractivity contribution is 7.99. The Morgan fingerprint density at radius 2 is 2.20 bits per heavy atom. The quantitative estimate of drug-likeness (QED) is 0.317. The van der Waals surface area contributed by atoms with Crippen LogP contribution in [-0.4, -0.2) is 35.8 Å². The van der Waals surface area contributed by atoms with Gasteiger partial charge in [0.05, 0.1) is 0 Å². The molecule has 4 N–H and O–H groups in total. The van der Waals surface area contributed by atoms with Crippen LogP contribution in [0.15, 0.2) is 32.5 Å². The highest BCUT2D eigenvalue weighted by Crippen LogP contribution is 2.26. The highest BCUT2D eigenvalue weighted by Gasteiger charge is 2.17. The molecule has 0 aliphatic rings. The van der Waals surface area contributed by atoms with Crippen LogP contribution in [0.3, 0.4) is 0 Å². The van der Waals surface area contributed by atoms with Crippen molar-refractivity contribution in [2.75, 3.05) is 0 Å². The first kappa shape index (κ1) is 14.1. The van der Waals surface area contributed by atoms with Crippen LogP contribution in [0.1, 0.15) is 25.6 Å². The molecule has 0 fully saturated rings. The van der Waals surface area contributed by atoms with Crippen molar-refractivity contribution in [1.82, 2.24) is 24.7 Å². The summed E-state index contributed by atoms with van der Waals surface area (Å²) in [5.74, 6) is -0.158. The van der Waals surface area contributed by atoms with Crippen molar-refractivity contribution in [2.24, 2.45) is 10.9 Å². The molecule has 2 aromatic rings. The molecule has 0 unspecified atom stereocenters. The van der Waals surface area contributed by atoms with Crippen molar-refractivity contribution < 1.29 is 5.21 Å². The Balaban J connectivity index is 2.44. The Morgan fingerprint density at radius 1 is 1.50 bits per heavy atom. The maximum atomic E-state index is 11.7. The molecule has 2 aromatic heterocycles. The van der Waals surface area contributed by atoms with Crippen molar-refractivity contribution in [2.45, 2.75) is 30.1 Å². The van der Waals surface area contributed by atoms with E-state index in [4.69, 9.17) is 10.9 Å². The van der Waals surface area contributed by atoms with E-state index in [1.807, 2.05) is 13.8 Å². The van der Waals surface area contributed by atoms with E-state index < -0.39 is 0 Å². The average molecular weight is 295 g/mol. The first-order valence-electron chi connectivity index (χ1n) is 5.68. The molecule has 0 atom stereocenters. The molecular formula is C10H13N7O2S. The molecule has 2 heterocycles. The number of amidine groups is 1. The number of hydrogen-bond donors (Lipinski definition) is 3. The fraction of sp³-hybridized carbons (Fsp3) is 0.300. The van der Waals surface area contributed by atoms with Crippen molar-refractivity contribution >= 4 is 17.6 Å². The molecule has 0 saturated heterocycles. The molecule has 9 nitrogen and oxygen atoms in total. The summed E-state index contributed by atoms with van der Waals surface area (Å²) >= 11 is 1.11. The van der Waals surface area contributed by atoms with Crippen molar-refractivity contribution in [3.05, 3.63) is 28.6 Å². The molecule has 2 rings (SSSR count). The van der Waals surface area contributed by atoms with Gasteiger partial charge in [-0.3, -0.25) is 4.57 Å². The Kier molecular flexibility index (Phi) is 4.03. The van der Waals surface area contributed by atoms with Gasteiger partial charge in [-0.1, -0.05) is 5.16 Å². The number of rotatable bonds is 4. The summed E-state index contributed by atoms with van der Waals surface area (Å²) in [4.78, 5) is 19.8. The average Bonchev–Trinajstić information content (AvgIpc) is 2.79. The van der Waals surface area contributed by atoms with E-state index >= 15 is 0 Å². The van der Waals surface area contributed by atoms with E-state index in [0.29, 0.717) is 10.2 Å². The zero-order valence-electron chi connectivity index (χ0n) is 10.8. The van der Waals surface area contributed by atoms with Gasteiger partial charge >= 0.3 is 5.69 Å². The molecule has 10 heteroatoms. The number of oxime groups is 1. The zero-order chi connectivity index (χ0) is 14.7. The van der Waals surface area contributed by atoms with Crippen LogP contribution >= 0.6 is 11.8 Å². The summed E-state index contributed by atoms with van der Waals surface area (Å²) in [5, 5.41) is 18.8. The largest absolute Gasteiger partial charge is 0.409 e. The van der Waals surface area contributed by atoms with Gasteiger partial charge < -0.3 is 10.9 Å². The van der Waals surface area contributed by atoms with E-state index in [9.17, 15) is 4.79 Å². The summed E-state index contributed by atoms with van der Waals surface area (Å²) in [6.45, 7) is 3.73. The Morgan fingerprint density at radius 3 is 2.85 bits per heavy atom. The Hall–Kier alpha value is -2.36. The minimum atomic E-state index is -0.309. The standard InChI is InChI=1S/C10H13N7O2S/c1-5(2)17-9(18)14-15-10(17)20-8-6(7(11)16-19)12-3-4-13-8/h3-5,19H,1-2H3,(H2,11,16)(H,14,18). The second-order valence-electron chi connectivity index (χ2n) is 4.07. The predicted octanol–water partition coefficient (Wildman–Crippen LogP) is 0.188. The van der Waals surface area contributed by atoms with Gasteiger partial charge in [0.1, 0.15) is 10.7 Å². The predicted molar refractivity (Wildman–Crippen MR) is 71.9 cm³/mol. The lowest BCUT2D eigenvalue weighted by atomic mass is 10.4. The number of nitrogens with zero attached hydrogens (tertiary/aromatic N) is 5. The van der Waals surface area contributed by atoms with Crippen molar-refractivity contribution in [3.8, 4) is 0 Å². The molecule has 0 aliphatic heterocycles. The third-order valence-electron chi connectivity index (χ3n) is 2.39. The monoisotopic (exact) mass is 295 g/mol. The number of aromatic amines is 1. The maximum Gasteiger partial charge on any atom is 0.344 e. The Bertz CT molecular complexity index is 691. The molecule has 0 aliphatic carbocycles. The van der Waals surface area contributed by atoms with Crippen LogP contribution in [0.2, 0.25) is 0 Å². The number of nitrogens with one attached hydrogen (secondary N) is 1. The SMILES string of the molecule is CC(C)n1c(Sc2nccnc2C(N)=NO)n[nH]c1=O. The molecule has 0 amide bonds. The third kappa shape index (κ3) is 2.64. The lowest BCUT2D eigenvalue weighted by Gasteiger charge is -2.09.